The Morgan fingerprint density at radius 2 is 2.13 bits per heavy atom. The Kier molecular flexibility index (Phi) is 2.01. The molecule has 15 heavy (non-hydrogen) atoms. The highest BCUT2D eigenvalue weighted by atomic mass is 19.1. The van der Waals surface area contributed by atoms with Gasteiger partial charge in [0.2, 0.25) is 0 Å². The Morgan fingerprint density at radius 1 is 1.40 bits per heavy atom. The lowest BCUT2D eigenvalue weighted by molar-refractivity contribution is -0.114. The number of ketones is 1. The van der Waals surface area contributed by atoms with Crippen molar-refractivity contribution in [1.29, 1.82) is 0 Å². The van der Waals surface area contributed by atoms with Gasteiger partial charge in [0.25, 0.3) is 11.7 Å². The summed E-state index contributed by atoms with van der Waals surface area (Å²) in [6, 6.07) is 3.57. The number of rotatable bonds is 1. The van der Waals surface area contributed by atoms with Gasteiger partial charge < -0.3 is 0 Å². The molecular weight excluding hydrogens is 197 g/mol. The van der Waals surface area contributed by atoms with Crippen molar-refractivity contribution < 1.29 is 14.0 Å². The fourth-order valence-corrected chi connectivity index (χ4v) is 1.52. The van der Waals surface area contributed by atoms with Crippen LogP contribution in [-0.2, 0) is 4.79 Å². The Morgan fingerprint density at radius 3 is 2.80 bits per heavy atom. The van der Waals surface area contributed by atoms with Crippen molar-refractivity contribution in [2.45, 2.75) is 0 Å². The third kappa shape index (κ3) is 1.29. The van der Waals surface area contributed by atoms with Gasteiger partial charge in [-0.1, -0.05) is 5.92 Å². The van der Waals surface area contributed by atoms with Crippen LogP contribution in [0.3, 0.4) is 0 Å². The lowest BCUT2D eigenvalue weighted by Crippen LogP contribution is -2.29. The van der Waals surface area contributed by atoms with Crippen molar-refractivity contribution in [3.63, 3.8) is 0 Å². The van der Waals surface area contributed by atoms with Gasteiger partial charge in [0.15, 0.2) is 0 Å². The fourth-order valence-electron chi connectivity index (χ4n) is 1.52. The molecule has 0 fully saturated rings. The summed E-state index contributed by atoms with van der Waals surface area (Å²) in [6.45, 7) is -0.0268. The van der Waals surface area contributed by atoms with Crippen LogP contribution in [0.15, 0.2) is 18.2 Å². The number of benzene rings is 1. The van der Waals surface area contributed by atoms with Gasteiger partial charge in [0, 0.05) is 0 Å². The molecule has 74 valence electrons. The predicted molar refractivity (Wildman–Crippen MR) is 51.9 cm³/mol. The number of nitrogens with zero attached hydrogens (tertiary/aromatic N) is 1. The number of carbonyl (C=O) groups is 2. The molecule has 2 rings (SSSR count). The van der Waals surface area contributed by atoms with Crippen LogP contribution in [0.5, 0.6) is 0 Å². The molecule has 4 heteroatoms. The number of anilines is 1. The third-order valence-electron chi connectivity index (χ3n) is 2.18. The summed E-state index contributed by atoms with van der Waals surface area (Å²) in [5.41, 5.74) is 0.458. The number of Topliss-reactive ketones (excluding diaryl/α,β-unsaturated/α-hetero) is 1. The summed E-state index contributed by atoms with van der Waals surface area (Å²) in [6.07, 6.45) is 5.06. The fraction of sp³-hybridized carbons (Fsp3) is 0.0909. The van der Waals surface area contributed by atoms with Crippen LogP contribution in [0.2, 0.25) is 0 Å². The van der Waals surface area contributed by atoms with Gasteiger partial charge in [-0.05, 0) is 18.2 Å². The van der Waals surface area contributed by atoms with Gasteiger partial charge in [0.1, 0.15) is 5.82 Å². The normalized spacial score (nSPS) is 14.0. The average molecular weight is 203 g/mol. The Bertz CT molecular complexity index is 502. The number of hydrogen-bond donors (Lipinski definition) is 0. The summed E-state index contributed by atoms with van der Waals surface area (Å²) >= 11 is 0. The van der Waals surface area contributed by atoms with E-state index in [0.29, 0.717) is 0 Å². The molecule has 1 amide bonds. The average Bonchev–Trinajstić information content (AvgIpc) is 2.44. The Hall–Kier alpha value is -2.15. The highest BCUT2D eigenvalue weighted by molar-refractivity contribution is 6.52. The van der Waals surface area contributed by atoms with Gasteiger partial charge >= 0.3 is 0 Å². The van der Waals surface area contributed by atoms with Crippen LogP contribution in [0, 0.1) is 18.2 Å². The van der Waals surface area contributed by atoms with Crippen molar-refractivity contribution >= 4 is 17.4 Å². The third-order valence-corrected chi connectivity index (χ3v) is 2.18. The highest BCUT2D eigenvalue weighted by Gasteiger charge is 2.35. The van der Waals surface area contributed by atoms with Crippen molar-refractivity contribution in [3.05, 3.63) is 29.6 Å². The minimum absolute atomic E-state index is 0.0268. The molecule has 1 aliphatic heterocycles. The van der Waals surface area contributed by atoms with E-state index >= 15 is 0 Å². The zero-order valence-corrected chi connectivity index (χ0v) is 7.66. The molecule has 0 bridgehead atoms. The SMILES string of the molecule is C#CCN1C(=O)C(=O)c2ccc(F)cc21. The number of halogens is 1. The lowest BCUT2D eigenvalue weighted by Gasteiger charge is -2.11. The van der Waals surface area contributed by atoms with Gasteiger partial charge in [-0.2, -0.15) is 0 Å². The first kappa shape index (κ1) is 9.41. The minimum Gasteiger partial charge on any atom is -0.293 e. The summed E-state index contributed by atoms with van der Waals surface area (Å²) in [4.78, 5) is 23.9. The van der Waals surface area contributed by atoms with E-state index in [1.165, 1.54) is 6.07 Å². The van der Waals surface area contributed by atoms with Gasteiger partial charge in [-0.15, -0.1) is 6.42 Å². The van der Waals surface area contributed by atoms with Gasteiger partial charge in [-0.25, -0.2) is 4.39 Å². The zero-order valence-electron chi connectivity index (χ0n) is 7.66. The number of amides is 1. The minimum atomic E-state index is -0.700. The maximum Gasteiger partial charge on any atom is 0.300 e. The number of fused-ring (bicyclic) bond motifs is 1. The molecule has 0 N–H and O–H groups in total. The monoisotopic (exact) mass is 203 g/mol. The molecular formula is C11H6FNO2. The summed E-state index contributed by atoms with van der Waals surface area (Å²) in [7, 11) is 0. The van der Waals surface area contributed by atoms with E-state index in [1.807, 2.05) is 0 Å². The first-order valence-electron chi connectivity index (χ1n) is 4.24. The van der Waals surface area contributed by atoms with E-state index in [2.05, 4.69) is 5.92 Å². The predicted octanol–water partition coefficient (Wildman–Crippen LogP) is 0.988. The second kappa shape index (κ2) is 3.21. The molecule has 1 heterocycles. The molecule has 0 saturated carbocycles. The van der Waals surface area contributed by atoms with Crippen LogP contribution in [0.1, 0.15) is 10.4 Å². The van der Waals surface area contributed by atoms with E-state index in [-0.39, 0.29) is 17.8 Å². The highest BCUT2D eigenvalue weighted by Crippen LogP contribution is 2.28. The molecule has 0 saturated heterocycles. The number of carbonyl (C=O) groups excluding carboxylic acids is 2. The summed E-state index contributed by atoms with van der Waals surface area (Å²) < 4.78 is 12.9. The van der Waals surface area contributed by atoms with E-state index in [1.54, 1.807) is 0 Å². The quantitative estimate of drug-likeness (QED) is 0.504. The van der Waals surface area contributed by atoms with Crippen molar-refractivity contribution in [1.82, 2.24) is 0 Å². The standard InChI is InChI=1S/C11H6FNO2/c1-2-5-13-9-6-7(12)3-4-8(9)10(14)11(13)15/h1,3-4,6H,5H2. The number of terminal acetylenes is 1. The first-order chi connectivity index (χ1) is 7.15. The Labute approximate surface area is 85.5 Å². The Balaban J connectivity index is 2.57. The molecule has 1 aliphatic rings. The zero-order chi connectivity index (χ0) is 11.0. The van der Waals surface area contributed by atoms with Gasteiger partial charge in [-0.3, -0.25) is 14.5 Å². The van der Waals surface area contributed by atoms with Crippen LogP contribution in [0.25, 0.3) is 0 Å². The molecule has 0 spiro atoms. The summed E-state index contributed by atoms with van der Waals surface area (Å²) in [5.74, 6) is 0.411. The molecule has 0 radical (unpaired) electrons. The smallest absolute Gasteiger partial charge is 0.293 e. The van der Waals surface area contributed by atoms with E-state index in [9.17, 15) is 14.0 Å². The second-order valence-electron chi connectivity index (χ2n) is 3.09. The first-order valence-corrected chi connectivity index (χ1v) is 4.24. The molecule has 1 aromatic rings. The molecule has 0 aliphatic carbocycles. The van der Waals surface area contributed by atoms with Crippen LogP contribution >= 0.6 is 0 Å². The lowest BCUT2D eigenvalue weighted by atomic mass is 10.1. The number of hydrogen-bond acceptors (Lipinski definition) is 2. The molecule has 0 aromatic heterocycles. The van der Waals surface area contributed by atoms with E-state index in [0.717, 1.165) is 17.0 Å². The van der Waals surface area contributed by atoms with Gasteiger partial charge in [0.05, 0.1) is 17.8 Å². The maximum absolute atomic E-state index is 12.9. The molecule has 0 unspecified atom stereocenters. The van der Waals surface area contributed by atoms with Crippen molar-refractivity contribution in [2.75, 3.05) is 11.4 Å². The van der Waals surface area contributed by atoms with E-state index < -0.39 is 17.5 Å². The second-order valence-corrected chi connectivity index (χ2v) is 3.09. The van der Waals surface area contributed by atoms with E-state index in [4.69, 9.17) is 6.42 Å². The topological polar surface area (TPSA) is 37.4 Å². The van der Waals surface area contributed by atoms with Crippen molar-refractivity contribution in [3.8, 4) is 12.3 Å². The van der Waals surface area contributed by atoms with Crippen LogP contribution in [-0.4, -0.2) is 18.2 Å². The molecule has 3 nitrogen and oxygen atoms in total. The largest absolute Gasteiger partial charge is 0.300 e. The molecule has 1 aromatic carbocycles. The van der Waals surface area contributed by atoms with Crippen LogP contribution < -0.4 is 4.90 Å². The van der Waals surface area contributed by atoms with Crippen LogP contribution in [0.4, 0.5) is 10.1 Å². The maximum atomic E-state index is 12.9. The molecule has 0 atom stereocenters. The summed E-state index contributed by atoms with van der Waals surface area (Å²) in [5, 5.41) is 0. The van der Waals surface area contributed by atoms with Crippen molar-refractivity contribution in [2.24, 2.45) is 0 Å².